The standard InChI is InChI=1S/C22H22FN3O3/c1-13(2)12-26-21(28)19(15-4-8-17(9-5-15)24-14(3)27)20(22(26)29)25-18-10-6-16(23)7-11-18/h4-11,13,25H,12H2,1-3H3,(H,24,27). The number of nitrogens with one attached hydrogen (secondary N) is 2. The zero-order chi connectivity index (χ0) is 21.1. The highest BCUT2D eigenvalue weighted by molar-refractivity contribution is 6.36. The fraction of sp³-hybridized carbons (Fsp3) is 0.227. The van der Waals surface area contributed by atoms with Gasteiger partial charge in [0.05, 0.1) is 5.57 Å². The second-order valence-corrected chi connectivity index (χ2v) is 7.26. The predicted octanol–water partition coefficient (Wildman–Crippen LogP) is 3.63. The predicted molar refractivity (Wildman–Crippen MR) is 109 cm³/mol. The van der Waals surface area contributed by atoms with E-state index in [9.17, 15) is 18.8 Å². The van der Waals surface area contributed by atoms with Crippen LogP contribution in [0.3, 0.4) is 0 Å². The quantitative estimate of drug-likeness (QED) is 0.732. The molecule has 0 aliphatic carbocycles. The van der Waals surface area contributed by atoms with E-state index in [1.165, 1.54) is 36.1 Å². The molecule has 0 fully saturated rings. The van der Waals surface area contributed by atoms with Crippen LogP contribution in [0.4, 0.5) is 15.8 Å². The molecule has 2 aromatic rings. The summed E-state index contributed by atoms with van der Waals surface area (Å²) in [6, 6.07) is 12.2. The van der Waals surface area contributed by atoms with Crippen molar-refractivity contribution in [1.82, 2.24) is 4.90 Å². The molecule has 0 radical (unpaired) electrons. The second kappa shape index (κ2) is 8.26. The Morgan fingerprint density at radius 2 is 1.55 bits per heavy atom. The monoisotopic (exact) mass is 395 g/mol. The molecule has 0 spiro atoms. The summed E-state index contributed by atoms with van der Waals surface area (Å²) in [5.74, 6) is -1.30. The number of nitrogens with zero attached hydrogens (tertiary/aromatic N) is 1. The zero-order valence-electron chi connectivity index (χ0n) is 16.5. The average molecular weight is 395 g/mol. The van der Waals surface area contributed by atoms with Gasteiger partial charge in [-0.3, -0.25) is 19.3 Å². The average Bonchev–Trinajstić information content (AvgIpc) is 2.88. The van der Waals surface area contributed by atoms with Gasteiger partial charge in [0, 0.05) is 24.8 Å². The van der Waals surface area contributed by atoms with Crippen molar-refractivity contribution < 1.29 is 18.8 Å². The van der Waals surface area contributed by atoms with E-state index in [0.29, 0.717) is 23.5 Å². The first-order valence-electron chi connectivity index (χ1n) is 9.27. The summed E-state index contributed by atoms with van der Waals surface area (Å²) in [6.45, 7) is 5.55. The van der Waals surface area contributed by atoms with Crippen LogP contribution >= 0.6 is 0 Å². The van der Waals surface area contributed by atoms with Gasteiger partial charge in [0.15, 0.2) is 0 Å². The SMILES string of the molecule is CC(=O)Nc1ccc(C2=C(Nc3ccc(F)cc3)C(=O)N(CC(C)C)C2=O)cc1. The molecule has 2 N–H and O–H groups in total. The lowest BCUT2D eigenvalue weighted by Crippen LogP contribution is -2.35. The summed E-state index contributed by atoms with van der Waals surface area (Å²) in [7, 11) is 0. The molecule has 1 aliphatic heterocycles. The summed E-state index contributed by atoms with van der Waals surface area (Å²) in [4.78, 5) is 38.4. The van der Waals surface area contributed by atoms with Crippen LogP contribution in [0, 0.1) is 11.7 Å². The first kappa shape index (κ1) is 20.3. The molecule has 7 heteroatoms. The number of amides is 3. The van der Waals surface area contributed by atoms with Crippen molar-refractivity contribution in [3.05, 3.63) is 65.6 Å². The first-order valence-corrected chi connectivity index (χ1v) is 9.27. The van der Waals surface area contributed by atoms with Crippen LogP contribution in [0.1, 0.15) is 26.3 Å². The van der Waals surface area contributed by atoms with Gasteiger partial charge in [0.2, 0.25) is 5.91 Å². The molecular formula is C22H22FN3O3. The Labute approximate surface area is 168 Å². The minimum Gasteiger partial charge on any atom is -0.350 e. The summed E-state index contributed by atoms with van der Waals surface area (Å²) < 4.78 is 13.2. The van der Waals surface area contributed by atoms with Crippen molar-refractivity contribution in [2.75, 3.05) is 17.2 Å². The largest absolute Gasteiger partial charge is 0.350 e. The fourth-order valence-electron chi connectivity index (χ4n) is 3.09. The lowest BCUT2D eigenvalue weighted by Gasteiger charge is -2.17. The molecule has 1 aliphatic rings. The van der Waals surface area contributed by atoms with Gasteiger partial charge in [-0.2, -0.15) is 0 Å². The normalized spacial score (nSPS) is 14.0. The number of benzene rings is 2. The lowest BCUT2D eigenvalue weighted by molar-refractivity contribution is -0.137. The van der Waals surface area contributed by atoms with E-state index in [0.717, 1.165) is 0 Å². The van der Waals surface area contributed by atoms with E-state index in [1.807, 2.05) is 13.8 Å². The van der Waals surface area contributed by atoms with Gasteiger partial charge in [-0.15, -0.1) is 0 Å². The molecular weight excluding hydrogens is 373 g/mol. The molecule has 0 atom stereocenters. The van der Waals surface area contributed by atoms with Crippen LogP contribution in [0.2, 0.25) is 0 Å². The van der Waals surface area contributed by atoms with Crippen molar-refractivity contribution in [3.63, 3.8) is 0 Å². The van der Waals surface area contributed by atoms with Gasteiger partial charge in [0.1, 0.15) is 11.5 Å². The number of hydrogen-bond donors (Lipinski definition) is 2. The topological polar surface area (TPSA) is 78.5 Å². The van der Waals surface area contributed by atoms with Crippen LogP contribution in [-0.2, 0) is 14.4 Å². The Morgan fingerprint density at radius 1 is 0.966 bits per heavy atom. The number of halogens is 1. The van der Waals surface area contributed by atoms with Crippen LogP contribution in [0.25, 0.3) is 5.57 Å². The van der Waals surface area contributed by atoms with Gasteiger partial charge in [-0.1, -0.05) is 26.0 Å². The highest BCUT2D eigenvalue weighted by Crippen LogP contribution is 2.31. The van der Waals surface area contributed by atoms with Gasteiger partial charge in [-0.05, 0) is 47.9 Å². The molecule has 3 amide bonds. The van der Waals surface area contributed by atoms with Gasteiger partial charge >= 0.3 is 0 Å². The van der Waals surface area contributed by atoms with E-state index in [-0.39, 0.29) is 29.0 Å². The molecule has 3 rings (SSSR count). The first-order chi connectivity index (χ1) is 13.8. The number of carbonyl (C=O) groups is 3. The summed E-state index contributed by atoms with van der Waals surface area (Å²) in [5, 5.41) is 5.64. The van der Waals surface area contributed by atoms with E-state index >= 15 is 0 Å². The molecule has 0 saturated carbocycles. The third kappa shape index (κ3) is 4.51. The van der Waals surface area contributed by atoms with E-state index in [4.69, 9.17) is 0 Å². The van der Waals surface area contributed by atoms with Crippen molar-refractivity contribution in [1.29, 1.82) is 0 Å². The minimum absolute atomic E-state index is 0.108. The number of carbonyl (C=O) groups excluding carboxylic acids is 3. The zero-order valence-corrected chi connectivity index (χ0v) is 16.5. The summed E-state index contributed by atoms with van der Waals surface area (Å²) in [5.41, 5.74) is 2.03. The number of anilines is 2. The Balaban J connectivity index is 2.01. The van der Waals surface area contributed by atoms with E-state index in [2.05, 4.69) is 10.6 Å². The Bertz CT molecular complexity index is 979. The van der Waals surface area contributed by atoms with Gasteiger partial charge in [-0.25, -0.2) is 4.39 Å². The second-order valence-electron chi connectivity index (χ2n) is 7.26. The number of imide groups is 1. The third-order valence-electron chi connectivity index (χ3n) is 4.32. The molecule has 1 heterocycles. The molecule has 0 bridgehead atoms. The Kier molecular flexibility index (Phi) is 5.77. The van der Waals surface area contributed by atoms with Crippen LogP contribution < -0.4 is 10.6 Å². The van der Waals surface area contributed by atoms with Crippen LogP contribution in [-0.4, -0.2) is 29.2 Å². The summed E-state index contributed by atoms with van der Waals surface area (Å²) >= 11 is 0. The molecule has 2 aromatic carbocycles. The van der Waals surface area contributed by atoms with Crippen LogP contribution in [0.15, 0.2) is 54.2 Å². The maximum absolute atomic E-state index is 13.2. The summed E-state index contributed by atoms with van der Waals surface area (Å²) in [6.07, 6.45) is 0. The molecule has 0 aromatic heterocycles. The Morgan fingerprint density at radius 3 is 2.10 bits per heavy atom. The maximum Gasteiger partial charge on any atom is 0.278 e. The van der Waals surface area contributed by atoms with Gasteiger partial charge in [0.25, 0.3) is 11.8 Å². The lowest BCUT2D eigenvalue weighted by atomic mass is 10.0. The van der Waals surface area contributed by atoms with E-state index in [1.54, 1.807) is 24.3 Å². The Hall–Kier alpha value is -3.48. The molecule has 0 unspecified atom stereocenters. The number of rotatable bonds is 6. The van der Waals surface area contributed by atoms with Crippen molar-refractivity contribution in [2.45, 2.75) is 20.8 Å². The van der Waals surface area contributed by atoms with Crippen LogP contribution in [0.5, 0.6) is 0 Å². The fourth-order valence-corrected chi connectivity index (χ4v) is 3.09. The molecule has 29 heavy (non-hydrogen) atoms. The highest BCUT2D eigenvalue weighted by atomic mass is 19.1. The third-order valence-corrected chi connectivity index (χ3v) is 4.32. The maximum atomic E-state index is 13.2. The van der Waals surface area contributed by atoms with Crippen molar-refractivity contribution >= 4 is 34.7 Å². The molecule has 150 valence electrons. The molecule has 0 saturated heterocycles. The molecule has 6 nitrogen and oxygen atoms in total. The number of hydrogen-bond acceptors (Lipinski definition) is 4. The van der Waals surface area contributed by atoms with Crippen molar-refractivity contribution in [3.8, 4) is 0 Å². The minimum atomic E-state index is -0.422. The van der Waals surface area contributed by atoms with E-state index < -0.39 is 11.7 Å². The van der Waals surface area contributed by atoms with Gasteiger partial charge < -0.3 is 10.6 Å². The smallest absolute Gasteiger partial charge is 0.278 e. The highest BCUT2D eigenvalue weighted by Gasteiger charge is 2.39. The van der Waals surface area contributed by atoms with Crippen molar-refractivity contribution in [2.24, 2.45) is 5.92 Å².